The highest BCUT2D eigenvalue weighted by molar-refractivity contribution is 5.79. The van der Waals surface area contributed by atoms with Crippen molar-refractivity contribution in [2.45, 2.75) is 92.9 Å². The van der Waals surface area contributed by atoms with Crippen molar-refractivity contribution in [3.63, 3.8) is 0 Å². The van der Waals surface area contributed by atoms with Crippen molar-refractivity contribution in [1.82, 2.24) is 0 Å². The minimum absolute atomic E-state index is 0.198. The average Bonchev–Trinajstić information content (AvgIpc) is 3.08. The van der Waals surface area contributed by atoms with E-state index in [0.29, 0.717) is 29.0 Å². The molecule has 3 aliphatic rings. The van der Waals surface area contributed by atoms with E-state index in [1.54, 1.807) is 12.5 Å². The van der Waals surface area contributed by atoms with Gasteiger partial charge in [0.05, 0.1) is 0 Å². The second kappa shape index (κ2) is 10.1. The molecule has 3 rings (SSSR count). The molecule has 6 atom stereocenters. The number of rotatable bonds is 6. The molecule has 172 valence electrons. The first-order chi connectivity index (χ1) is 14.6. The first kappa shape index (κ1) is 24.3. The van der Waals surface area contributed by atoms with Gasteiger partial charge in [-0.15, -0.1) is 0 Å². The van der Waals surface area contributed by atoms with E-state index in [4.69, 9.17) is 0 Å². The Balaban J connectivity index is 1.76. The van der Waals surface area contributed by atoms with Crippen LogP contribution in [-0.4, -0.2) is 5.78 Å². The van der Waals surface area contributed by atoms with E-state index in [0.717, 1.165) is 31.1 Å². The Morgan fingerprint density at radius 2 is 1.81 bits per heavy atom. The number of fused-ring (bicyclic) bond motifs is 1. The number of Topliss-reactive ketones (excluding diaryl/α,β-unsaturated/α-hetero) is 1. The van der Waals surface area contributed by atoms with Crippen molar-refractivity contribution in [2.24, 2.45) is 40.9 Å². The molecule has 0 bridgehead atoms. The molecule has 0 aliphatic heterocycles. The molecule has 0 radical (unpaired) electrons. The normalized spacial score (nSPS) is 36.4. The monoisotopic (exact) mass is 422 g/mol. The SMILES string of the molecule is C=C1CC[C@H](C(C)=O)C/C1=C\C=C1/CCC[C@@]2(C)C1CC[C@@H]2[C@H](C)/C=C/[C@H](C)C(C)C. The summed E-state index contributed by atoms with van der Waals surface area (Å²) in [5.74, 6) is 4.07. The Morgan fingerprint density at radius 1 is 1.06 bits per heavy atom. The summed E-state index contributed by atoms with van der Waals surface area (Å²) < 4.78 is 0. The summed E-state index contributed by atoms with van der Waals surface area (Å²) in [5, 5.41) is 0. The zero-order valence-corrected chi connectivity index (χ0v) is 21.0. The minimum atomic E-state index is 0.198. The molecular formula is C30H46O. The maximum atomic E-state index is 11.9. The van der Waals surface area contributed by atoms with Crippen molar-refractivity contribution in [3.8, 4) is 0 Å². The Kier molecular flexibility index (Phi) is 7.87. The topological polar surface area (TPSA) is 17.1 Å². The van der Waals surface area contributed by atoms with Gasteiger partial charge in [0.15, 0.2) is 0 Å². The van der Waals surface area contributed by atoms with Crippen LogP contribution < -0.4 is 0 Å². The molecule has 3 aliphatic carbocycles. The summed E-state index contributed by atoms with van der Waals surface area (Å²) in [6.07, 6.45) is 19.2. The third kappa shape index (κ3) is 5.35. The van der Waals surface area contributed by atoms with Gasteiger partial charge in [-0.25, -0.2) is 0 Å². The van der Waals surface area contributed by atoms with E-state index in [2.05, 4.69) is 65.5 Å². The van der Waals surface area contributed by atoms with Gasteiger partial charge in [0, 0.05) is 5.92 Å². The molecule has 3 saturated carbocycles. The van der Waals surface area contributed by atoms with Crippen molar-refractivity contribution in [3.05, 3.63) is 47.6 Å². The molecule has 1 unspecified atom stereocenters. The van der Waals surface area contributed by atoms with Crippen LogP contribution in [0.25, 0.3) is 0 Å². The molecule has 0 heterocycles. The summed E-state index contributed by atoms with van der Waals surface area (Å²) in [5.41, 5.74) is 4.65. The van der Waals surface area contributed by atoms with Gasteiger partial charge in [-0.05, 0) is 98.9 Å². The second-order valence-electron chi connectivity index (χ2n) is 11.5. The Hall–Kier alpha value is -1.37. The van der Waals surface area contributed by atoms with Gasteiger partial charge < -0.3 is 0 Å². The van der Waals surface area contributed by atoms with Gasteiger partial charge >= 0.3 is 0 Å². The highest BCUT2D eigenvalue weighted by Crippen LogP contribution is 2.59. The van der Waals surface area contributed by atoms with Crippen LogP contribution in [0.1, 0.15) is 92.9 Å². The molecule has 0 N–H and O–H groups in total. The summed E-state index contributed by atoms with van der Waals surface area (Å²) in [6, 6.07) is 0. The molecule has 0 aromatic carbocycles. The van der Waals surface area contributed by atoms with Crippen LogP contribution in [0.3, 0.4) is 0 Å². The van der Waals surface area contributed by atoms with Crippen molar-refractivity contribution < 1.29 is 4.79 Å². The molecule has 0 aromatic rings. The highest BCUT2D eigenvalue weighted by atomic mass is 16.1. The van der Waals surface area contributed by atoms with E-state index in [1.165, 1.54) is 43.3 Å². The summed E-state index contributed by atoms with van der Waals surface area (Å²) in [6.45, 7) is 18.1. The molecular weight excluding hydrogens is 376 g/mol. The quantitative estimate of drug-likeness (QED) is 0.392. The fourth-order valence-corrected chi connectivity index (χ4v) is 6.61. The van der Waals surface area contributed by atoms with Crippen LogP contribution >= 0.6 is 0 Å². The lowest BCUT2D eigenvalue weighted by molar-refractivity contribution is -0.121. The first-order valence-electron chi connectivity index (χ1n) is 12.9. The second-order valence-corrected chi connectivity index (χ2v) is 11.5. The van der Waals surface area contributed by atoms with E-state index in [-0.39, 0.29) is 5.92 Å². The van der Waals surface area contributed by atoms with Crippen LogP contribution in [0.4, 0.5) is 0 Å². The fraction of sp³-hybridized carbons (Fsp3) is 0.700. The van der Waals surface area contributed by atoms with Crippen molar-refractivity contribution in [2.75, 3.05) is 0 Å². The molecule has 1 heteroatoms. The Bertz CT molecular complexity index is 763. The maximum absolute atomic E-state index is 11.9. The van der Waals surface area contributed by atoms with Gasteiger partial charge in [0.25, 0.3) is 0 Å². The fourth-order valence-electron chi connectivity index (χ4n) is 6.61. The minimum Gasteiger partial charge on any atom is -0.300 e. The van der Waals surface area contributed by atoms with E-state index < -0.39 is 0 Å². The zero-order valence-electron chi connectivity index (χ0n) is 21.0. The van der Waals surface area contributed by atoms with Crippen LogP contribution in [0.5, 0.6) is 0 Å². The predicted molar refractivity (Wildman–Crippen MR) is 134 cm³/mol. The lowest BCUT2D eigenvalue weighted by Crippen LogP contribution is -2.35. The van der Waals surface area contributed by atoms with Gasteiger partial charge in [0.1, 0.15) is 5.78 Å². The van der Waals surface area contributed by atoms with Crippen molar-refractivity contribution >= 4 is 5.78 Å². The average molecular weight is 423 g/mol. The molecule has 1 nitrogen and oxygen atoms in total. The van der Waals surface area contributed by atoms with E-state index in [1.807, 2.05) is 0 Å². The van der Waals surface area contributed by atoms with Crippen molar-refractivity contribution in [1.29, 1.82) is 0 Å². The molecule has 0 saturated heterocycles. The maximum Gasteiger partial charge on any atom is 0.133 e. The van der Waals surface area contributed by atoms with Crippen LogP contribution in [0.2, 0.25) is 0 Å². The lowest BCUT2D eigenvalue weighted by atomic mass is 9.61. The first-order valence-corrected chi connectivity index (χ1v) is 12.9. The number of hydrogen-bond donors (Lipinski definition) is 0. The van der Waals surface area contributed by atoms with E-state index >= 15 is 0 Å². The van der Waals surface area contributed by atoms with Crippen LogP contribution in [-0.2, 0) is 4.79 Å². The van der Waals surface area contributed by atoms with Gasteiger partial charge in [0.2, 0.25) is 0 Å². The third-order valence-electron chi connectivity index (χ3n) is 9.23. The number of ketones is 1. The van der Waals surface area contributed by atoms with Gasteiger partial charge in [-0.2, -0.15) is 0 Å². The Labute approximate surface area is 192 Å². The predicted octanol–water partition coefficient (Wildman–Crippen LogP) is 8.49. The van der Waals surface area contributed by atoms with Crippen LogP contribution in [0.15, 0.2) is 47.6 Å². The highest BCUT2D eigenvalue weighted by Gasteiger charge is 2.50. The molecule has 0 spiro atoms. The van der Waals surface area contributed by atoms with Gasteiger partial charge in [-0.3, -0.25) is 4.79 Å². The molecule has 3 fully saturated rings. The summed E-state index contributed by atoms with van der Waals surface area (Å²) >= 11 is 0. The number of carbonyl (C=O) groups excluding carboxylic acids is 1. The lowest BCUT2D eigenvalue weighted by Gasteiger charge is -2.44. The standard InChI is InChI=1S/C30H46O/c1-20(2)21(3)10-11-23(5)28-16-17-29-25(9-8-18-30(28,29)7)14-15-26-19-27(24(6)31)13-12-22(26)4/h10-11,14-15,20-21,23,27-29H,4,8-9,12-13,16-19H2,1-3,5-7H3/b11-10+,25-14+,26-15+/t21-,23+,27-,28+,29?,30+/m0/s1. The molecule has 0 amide bonds. The van der Waals surface area contributed by atoms with Crippen LogP contribution in [0, 0.1) is 40.9 Å². The Morgan fingerprint density at radius 3 is 2.48 bits per heavy atom. The number of carbonyl (C=O) groups is 1. The number of hydrogen-bond acceptors (Lipinski definition) is 1. The van der Waals surface area contributed by atoms with E-state index in [9.17, 15) is 4.79 Å². The van der Waals surface area contributed by atoms with Gasteiger partial charge in [-0.1, -0.05) is 76.6 Å². The number of allylic oxidation sites excluding steroid dienone is 7. The summed E-state index contributed by atoms with van der Waals surface area (Å²) in [4.78, 5) is 11.9. The third-order valence-corrected chi connectivity index (χ3v) is 9.23. The molecule has 31 heavy (non-hydrogen) atoms. The smallest absolute Gasteiger partial charge is 0.133 e. The molecule has 0 aromatic heterocycles. The largest absolute Gasteiger partial charge is 0.300 e. The summed E-state index contributed by atoms with van der Waals surface area (Å²) in [7, 11) is 0. The zero-order chi connectivity index (χ0) is 22.8.